The van der Waals surface area contributed by atoms with Gasteiger partial charge in [0, 0.05) is 4.47 Å². The highest BCUT2D eigenvalue weighted by Crippen LogP contribution is 2.18. The second kappa shape index (κ2) is 4.89. The van der Waals surface area contributed by atoms with Crippen LogP contribution in [0.5, 0.6) is 0 Å². The lowest BCUT2D eigenvalue weighted by Gasteiger charge is -2.03. The van der Waals surface area contributed by atoms with Crippen molar-refractivity contribution in [1.82, 2.24) is 9.78 Å². The van der Waals surface area contributed by atoms with Crippen LogP contribution in [-0.2, 0) is 6.54 Å². The van der Waals surface area contributed by atoms with Crippen molar-refractivity contribution in [2.45, 2.75) is 6.54 Å². The van der Waals surface area contributed by atoms with Gasteiger partial charge in [-0.1, -0.05) is 39.7 Å². The highest BCUT2D eigenvalue weighted by molar-refractivity contribution is 9.10. The highest BCUT2D eigenvalue weighted by Gasteiger charge is 2.14. The van der Waals surface area contributed by atoms with Crippen LogP contribution in [0, 0.1) is 0 Å². The molecule has 0 aliphatic rings. The first kappa shape index (κ1) is 12.1. The molecule has 0 aliphatic carbocycles. The third-order valence-corrected chi connectivity index (χ3v) is 3.18. The number of carboxylic acids is 1. The predicted molar refractivity (Wildman–Crippen MR) is 67.4 cm³/mol. The van der Waals surface area contributed by atoms with Crippen molar-refractivity contribution >= 4 is 33.5 Å². The van der Waals surface area contributed by atoms with Gasteiger partial charge in [0.2, 0.25) is 0 Å². The van der Waals surface area contributed by atoms with E-state index in [1.807, 2.05) is 24.3 Å². The maximum atomic E-state index is 10.8. The first-order chi connectivity index (χ1) is 8.08. The van der Waals surface area contributed by atoms with Crippen LogP contribution >= 0.6 is 27.5 Å². The summed E-state index contributed by atoms with van der Waals surface area (Å²) in [6.07, 6.45) is 1.25. The van der Waals surface area contributed by atoms with Gasteiger partial charge in [0.25, 0.3) is 0 Å². The number of hydrogen-bond acceptors (Lipinski definition) is 2. The summed E-state index contributed by atoms with van der Waals surface area (Å²) >= 11 is 9.25. The van der Waals surface area contributed by atoms with Gasteiger partial charge in [0.05, 0.1) is 12.7 Å². The minimum Gasteiger partial charge on any atom is -0.478 e. The third kappa shape index (κ3) is 2.68. The van der Waals surface area contributed by atoms with E-state index in [2.05, 4.69) is 21.0 Å². The van der Waals surface area contributed by atoms with E-state index in [0.717, 1.165) is 10.0 Å². The van der Waals surface area contributed by atoms with E-state index in [-0.39, 0.29) is 10.7 Å². The number of carbonyl (C=O) groups is 1. The first-order valence-corrected chi connectivity index (χ1v) is 5.94. The van der Waals surface area contributed by atoms with Crippen molar-refractivity contribution in [2.24, 2.45) is 0 Å². The van der Waals surface area contributed by atoms with Crippen molar-refractivity contribution < 1.29 is 9.90 Å². The molecule has 0 bridgehead atoms. The van der Waals surface area contributed by atoms with E-state index < -0.39 is 5.97 Å². The number of nitrogens with zero attached hydrogens (tertiary/aromatic N) is 2. The molecular formula is C11H8BrClN2O2. The van der Waals surface area contributed by atoms with Crippen LogP contribution in [0.3, 0.4) is 0 Å². The topological polar surface area (TPSA) is 55.1 Å². The van der Waals surface area contributed by atoms with Gasteiger partial charge in [-0.15, -0.1) is 0 Å². The van der Waals surface area contributed by atoms with Crippen LogP contribution < -0.4 is 0 Å². The summed E-state index contributed by atoms with van der Waals surface area (Å²) in [7, 11) is 0. The molecule has 1 aromatic heterocycles. The second-order valence-corrected chi connectivity index (χ2v) is 4.71. The minimum absolute atomic E-state index is 0.0174. The summed E-state index contributed by atoms with van der Waals surface area (Å²) in [5.41, 5.74) is 1.01. The summed E-state index contributed by atoms with van der Waals surface area (Å²) in [4.78, 5) is 10.8. The molecule has 6 heteroatoms. The Morgan fingerprint density at radius 2 is 2.06 bits per heavy atom. The van der Waals surface area contributed by atoms with E-state index >= 15 is 0 Å². The molecule has 2 rings (SSSR count). The minimum atomic E-state index is -1.07. The zero-order valence-electron chi connectivity index (χ0n) is 8.60. The normalized spacial score (nSPS) is 10.5. The lowest BCUT2D eigenvalue weighted by Crippen LogP contribution is -2.03. The number of aromatic nitrogens is 2. The maximum absolute atomic E-state index is 10.8. The fourth-order valence-electron chi connectivity index (χ4n) is 1.39. The van der Waals surface area contributed by atoms with Gasteiger partial charge in [-0.3, -0.25) is 0 Å². The Bertz CT molecular complexity index is 551. The Hall–Kier alpha value is -1.33. The predicted octanol–water partition coefficient (Wildman–Crippen LogP) is 3.05. The Morgan fingerprint density at radius 3 is 2.59 bits per heavy atom. The number of rotatable bonds is 3. The molecule has 17 heavy (non-hydrogen) atoms. The van der Waals surface area contributed by atoms with Crippen molar-refractivity contribution in [3.8, 4) is 0 Å². The quantitative estimate of drug-likeness (QED) is 0.947. The molecule has 0 aliphatic heterocycles. The number of aromatic carboxylic acids is 1. The first-order valence-electron chi connectivity index (χ1n) is 4.77. The molecule has 0 saturated carbocycles. The van der Waals surface area contributed by atoms with E-state index in [4.69, 9.17) is 16.7 Å². The molecule has 0 spiro atoms. The zero-order valence-corrected chi connectivity index (χ0v) is 10.9. The van der Waals surface area contributed by atoms with Gasteiger partial charge in [0.15, 0.2) is 0 Å². The molecule has 2 aromatic rings. The fourth-order valence-corrected chi connectivity index (χ4v) is 1.88. The maximum Gasteiger partial charge on any atom is 0.340 e. The van der Waals surface area contributed by atoms with Crippen molar-refractivity contribution in [3.05, 3.63) is 51.2 Å². The number of halogens is 2. The Kier molecular flexibility index (Phi) is 3.49. The van der Waals surface area contributed by atoms with Crippen LogP contribution in [-0.4, -0.2) is 20.9 Å². The van der Waals surface area contributed by atoms with Gasteiger partial charge in [0.1, 0.15) is 10.7 Å². The molecule has 1 N–H and O–H groups in total. The molecule has 0 unspecified atom stereocenters. The molecule has 0 radical (unpaired) electrons. The van der Waals surface area contributed by atoms with Crippen molar-refractivity contribution in [2.75, 3.05) is 0 Å². The van der Waals surface area contributed by atoms with E-state index in [9.17, 15) is 4.79 Å². The zero-order chi connectivity index (χ0) is 12.4. The SMILES string of the molecule is O=C(O)c1cnn(Cc2ccc(Br)cc2)c1Cl. The van der Waals surface area contributed by atoms with Gasteiger partial charge in [-0.25, -0.2) is 9.48 Å². The monoisotopic (exact) mass is 314 g/mol. The van der Waals surface area contributed by atoms with Crippen LogP contribution in [0.15, 0.2) is 34.9 Å². The van der Waals surface area contributed by atoms with Crippen molar-refractivity contribution in [3.63, 3.8) is 0 Å². The Balaban J connectivity index is 2.24. The van der Waals surface area contributed by atoms with E-state index in [1.165, 1.54) is 10.9 Å². The molecule has 1 aromatic carbocycles. The van der Waals surface area contributed by atoms with E-state index in [0.29, 0.717) is 6.54 Å². The van der Waals surface area contributed by atoms with Crippen LogP contribution in [0.1, 0.15) is 15.9 Å². The molecule has 88 valence electrons. The Labute approximate surface area is 111 Å². The van der Waals surface area contributed by atoms with Crippen LogP contribution in [0.25, 0.3) is 0 Å². The molecule has 1 heterocycles. The van der Waals surface area contributed by atoms with Crippen LogP contribution in [0.2, 0.25) is 5.15 Å². The third-order valence-electron chi connectivity index (χ3n) is 2.25. The lowest BCUT2D eigenvalue weighted by atomic mass is 10.2. The standard InChI is InChI=1S/C11H8BrClN2O2/c12-8-3-1-7(2-4-8)6-15-10(13)9(5-14-15)11(16)17/h1-5H,6H2,(H,16,17). The molecule has 0 fully saturated rings. The molecule has 0 amide bonds. The lowest BCUT2D eigenvalue weighted by molar-refractivity contribution is 0.0697. The summed E-state index contributed by atoms with van der Waals surface area (Å²) in [6.45, 7) is 0.444. The average molecular weight is 316 g/mol. The van der Waals surface area contributed by atoms with Gasteiger partial charge >= 0.3 is 5.97 Å². The van der Waals surface area contributed by atoms with Gasteiger partial charge in [-0.2, -0.15) is 5.10 Å². The Morgan fingerprint density at radius 1 is 1.41 bits per heavy atom. The fraction of sp³-hybridized carbons (Fsp3) is 0.0909. The largest absolute Gasteiger partial charge is 0.478 e. The number of hydrogen-bond donors (Lipinski definition) is 1. The average Bonchev–Trinajstić information content (AvgIpc) is 2.64. The van der Waals surface area contributed by atoms with Crippen LogP contribution in [0.4, 0.5) is 0 Å². The van der Waals surface area contributed by atoms with Gasteiger partial charge < -0.3 is 5.11 Å². The summed E-state index contributed by atoms with van der Waals surface area (Å²) in [5.74, 6) is -1.07. The molecule has 0 saturated heterocycles. The molecule has 0 atom stereocenters. The molecule has 4 nitrogen and oxygen atoms in total. The smallest absolute Gasteiger partial charge is 0.340 e. The summed E-state index contributed by atoms with van der Waals surface area (Å²) in [5, 5.41) is 12.9. The number of benzene rings is 1. The number of carboxylic acid groups (broad SMARTS) is 1. The summed E-state index contributed by atoms with van der Waals surface area (Å²) in [6, 6.07) is 7.65. The van der Waals surface area contributed by atoms with Crippen molar-refractivity contribution in [1.29, 1.82) is 0 Å². The van der Waals surface area contributed by atoms with Gasteiger partial charge in [-0.05, 0) is 17.7 Å². The van der Waals surface area contributed by atoms with E-state index in [1.54, 1.807) is 0 Å². The molecular weight excluding hydrogens is 307 g/mol. The summed E-state index contributed by atoms with van der Waals surface area (Å²) < 4.78 is 2.44. The highest BCUT2D eigenvalue weighted by atomic mass is 79.9. The second-order valence-electron chi connectivity index (χ2n) is 3.44.